The molecule has 1 amide bonds. The van der Waals surface area contributed by atoms with Gasteiger partial charge < -0.3 is 20.4 Å². The Morgan fingerprint density at radius 3 is 2.95 bits per heavy atom. The zero-order valence-corrected chi connectivity index (χ0v) is 13.7. The van der Waals surface area contributed by atoms with E-state index < -0.39 is 0 Å². The van der Waals surface area contributed by atoms with Gasteiger partial charge in [-0.05, 0) is 37.1 Å². The highest BCUT2D eigenvalue weighted by atomic mass is 35.5. The van der Waals surface area contributed by atoms with Crippen LogP contribution in [-0.4, -0.2) is 36.7 Å². The Morgan fingerprint density at radius 1 is 1.41 bits per heavy atom. The molecule has 1 aliphatic heterocycles. The lowest BCUT2D eigenvalue weighted by Crippen LogP contribution is -2.51. The Balaban J connectivity index is 0.00000176. The molecule has 0 aliphatic carbocycles. The van der Waals surface area contributed by atoms with Gasteiger partial charge in [-0.2, -0.15) is 0 Å². The summed E-state index contributed by atoms with van der Waals surface area (Å²) in [5.41, 5.74) is 4.70. The number of ether oxygens (including phenoxy) is 1. The van der Waals surface area contributed by atoms with Gasteiger partial charge in [0.1, 0.15) is 6.04 Å². The molecule has 3 rings (SSSR count). The summed E-state index contributed by atoms with van der Waals surface area (Å²) < 4.78 is 5.30. The van der Waals surface area contributed by atoms with Crippen LogP contribution in [-0.2, 0) is 16.1 Å². The van der Waals surface area contributed by atoms with Crippen LogP contribution in [0.1, 0.15) is 16.8 Å². The normalized spacial score (nSPS) is 18.0. The molecule has 1 aliphatic rings. The summed E-state index contributed by atoms with van der Waals surface area (Å²) in [6, 6.07) is 6.01. The van der Waals surface area contributed by atoms with Crippen molar-refractivity contribution in [3.8, 4) is 0 Å². The molecule has 0 radical (unpaired) electrons. The fourth-order valence-corrected chi connectivity index (χ4v) is 2.66. The van der Waals surface area contributed by atoms with Crippen LogP contribution in [0.15, 0.2) is 18.2 Å². The number of morpholine rings is 1. The van der Waals surface area contributed by atoms with Gasteiger partial charge in [0.25, 0.3) is 0 Å². The third-order valence-corrected chi connectivity index (χ3v) is 4.08. The van der Waals surface area contributed by atoms with Gasteiger partial charge in [-0.1, -0.05) is 6.07 Å². The molecule has 0 saturated carbocycles. The lowest BCUT2D eigenvalue weighted by molar-refractivity contribution is -0.126. The first-order chi connectivity index (χ1) is 10.1. The second-order valence-corrected chi connectivity index (χ2v) is 5.55. The lowest BCUT2D eigenvalue weighted by atomic mass is 10.1. The van der Waals surface area contributed by atoms with E-state index in [9.17, 15) is 4.79 Å². The summed E-state index contributed by atoms with van der Waals surface area (Å²) in [6.45, 7) is 6.57. The van der Waals surface area contributed by atoms with Crippen molar-refractivity contribution in [3.63, 3.8) is 0 Å². The van der Waals surface area contributed by atoms with Crippen molar-refractivity contribution in [3.05, 3.63) is 35.0 Å². The molecular formula is C16H22ClN3O2. The first-order valence-corrected chi connectivity index (χ1v) is 7.32. The summed E-state index contributed by atoms with van der Waals surface area (Å²) >= 11 is 0. The molecule has 1 aromatic carbocycles. The number of amides is 1. The summed E-state index contributed by atoms with van der Waals surface area (Å²) in [5, 5.41) is 7.34. The molecule has 1 saturated heterocycles. The minimum atomic E-state index is -0.237. The van der Waals surface area contributed by atoms with Gasteiger partial charge in [0.05, 0.1) is 13.2 Å². The predicted molar refractivity (Wildman–Crippen MR) is 89.5 cm³/mol. The second-order valence-electron chi connectivity index (χ2n) is 5.55. The molecular weight excluding hydrogens is 302 g/mol. The molecule has 0 bridgehead atoms. The molecule has 1 atom stereocenters. The van der Waals surface area contributed by atoms with E-state index in [0.29, 0.717) is 19.8 Å². The molecule has 0 spiro atoms. The first kappa shape index (κ1) is 16.8. The summed E-state index contributed by atoms with van der Waals surface area (Å²) in [5.74, 6) is -0.00299. The summed E-state index contributed by atoms with van der Waals surface area (Å²) in [4.78, 5) is 15.4. The van der Waals surface area contributed by atoms with Crippen LogP contribution < -0.4 is 10.6 Å². The monoisotopic (exact) mass is 323 g/mol. The third kappa shape index (κ3) is 3.43. The van der Waals surface area contributed by atoms with Crippen LogP contribution >= 0.6 is 12.4 Å². The largest absolute Gasteiger partial charge is 0.378 e. The van der Waals surface area contributed by atoms with Crippen molar-refractivity contribution in [1.82, 2.24) is 15.6 Å². The van der Waals surface area contributed by atoms with Gasteiger partial charge in [-0.3, -0.25) is 4.79 Å². The maximum absolute atomic E-state index is 12.0. The number of aromatic nitrogens is 1. The number of benzene rings is 1. The second kappa shape index (κ2) is 7.13. The van der Waals surface area contributed by atoms with Crippen molar-refractivity contribution in [2.24, 2.45) is 0 Å². The van der Waals surface area contributed by atoms with Crippen molar-refractivity contribution < 1.29 is 9.53 Å². The Labute approximate surface area is 136 Å². The van der Waals surface area contributed by atoms with E-state index in [1.165, 1.54) is 16.6 Å². The number of aryl methyl sites for hydroxylation is 2. The zero-order chi connectivity index (χ0) is 14.8. The highest BCUT2D eigenvalue weighted by Crippen LogP contribution is 2.22. The number of nitrogens with one attached hydrogen (secondary N) is 3. The molecule has 3 N–H and O–H groups in total. The van der Waals surface area contributed by atoms with E-state index in [2.05, 4.69) is 41.6 Å². The van der Waals surface area contributed by atoms with Crippen LogP contribution in [0.25, 0.3) is 10.9 Å². The average Bonchev–Trinajstić information content (AvgIpc) is 2.80. The number of fused-ring (bicyclic) bond motifs is 1. The molecule has 120 valence electrons. The molecule has 6 heteroatoms. The molecule has 1 aromatic heterocycles. The Bertz CT molecular complexity index is 663. The van der Waals surface area contributed by atoms with Crippen molar-refractivity contribution in [1.29, 1.82) is 0 Å². The van der Waals surface area contributed by atoms with Gasteiger partial charge in [0.15, 0.2) is 0 Å². The standard InChI is InChI=1S/C16H21N3O2.ClH/c1-10-11(2)19-14-4-3-12(7-13(10)14)8-18-16(20)15-9-21-6-5-17-15;/h3-4,7,15,17,19H,5-6,8-9H2,1-2H3,(H,18,20);1H. The van der Waals surface area contributed by atoms with Crippen LogP contribution in [0.3, 0.4) is 0 Å². The molecule has 2 aromatic rings. The van der Waals surface area contributed by atoms with Crippen LogP contribution in [0.4, 0.5) is 0 Å². The lowest BCUT2D eigenvalue weighted by Gasteiger charge is -2.22. The highest BCUT2D eigenvalue weighted by molar-refractivity contribution is 5.86. The summed E-state index contributed by atoms with van der Waals surface area (Å²) in [7, 11) is 0. The molecule has 5 nitrogen and oxygen atoms in total. The zero-order valence-electron chi connectivity index (χ0n) is 12.9. The third-order valence-electron chi connectivity index (χ3n) is 4.08. The number of aromatic amines is 1. The minimum absolute atomic E-state index is 0. The molecule has 2 heterocycles. The number of carbonyl (C=O) groups is 1. The smallest absolute Gasteiger partial charge is 0.239 e. The maximum atomic E-state index is 12.0. The van der Waals surface area contributed by atoms with E-state index in [0.717, 1.165) is 17.6 Å². The van der Waals surface area contributed by atoms with E-state index >= 15 is 0 Å². The van der Waals surface area contributed by atoms with E-state index in [4.69, 9.17) is 4.74 Å². The minimum Gasteiger partial charge on any atom is -0.378 e. The number of hydrogen-bond donors (Lipinski definition) is 3. The van der Waals surface area contributed by atoms with Crippen LogP contribution in [0.5, 0.6) is 0 Å². The van der Waals surface area contributed by atoms with Gasteiger partial charge in [0, 0.05) is 29.7 Å². The Morgan fingerprint density at radius 2 is 2.23 bits per heavy atom. The number of hydrogen-bond acceptors (Lipinski definition) is 3. The van der Waals surface area contributed by atoms with Gasteiger partial charge in [0.2, 0.25) is 5.91 Å². The summed E-state index contributed by atoms with van der Waals surface area (Å²) in [6.07, 6.45) is 0. The van der Waals surface area contributed by atoms with E-state index in [1.807, 2.05) is 6.07 Å². The fraction of sp³-hybridized carbons (Fsp3) is 0.438. The van der Waals surface area contributed by atoms with Crippen LogP contribution in [0.2, 0.25) is 0 Å². The van der Waals surface area contributed by atoms with Gasteiger partial charge in [-0.25, -0.2) is 0 Å². The number of halogens is 1. The number of rotatable bonds is 3. The number of carbonyl (C=O) groups excluding carboxylic acids is 1. The highest BCUT2D eigenvalue weighted by Gasteiger charge is 2.20. The fourth-order valence-electron chi connectivity index (χ4n) is 2.66. The molecule has 1 fully saturated rings. The van der Waals surface area contributed by atoms with E-state index in [1.54, 1.807) is 0 Å². The molecule has 22 heavy (non-hydrogen) atoms. The molecule has 1 unspecified atom stereocenters. The first-order valence-electron chi connectivity index (χ1n) is 7.32. The average molecular weight is 324 g/mol. The Kier molecular flexibility index (Phi) is 5.45. The predicted octanol–water partition coefficient (Wildman–Crippen LogP) is 1.81. The van der Waals surface area contributed by atoms with Crippen LogP contribution in [0, 0.1) is 13.8 Å². The van der Waals surface area contributed by atoms with E-state index in [-0.39, 0.29) is 24.4 Å². The number of H-pyrrole nitrogens is 1. The van der Waals surface area contributed by atoms with Gasteiger partial charge in [-0.15, -0.1) is 12.4 Å². The Hall–Kier alpha value is -1.56. The van der Waals surface area contributed by atoms with Gasteiger partial charge >= 0.3 is 0 Å². The maximum Gasteiger partial charge on any atom is 0.239 e. The SMILES string of the molecule is Cc1[nH]c2ccc(CNC(=O)C3COCCN3)cc2c1C.Cl. The topological polar surface area (TPSA) is 66.2 Å². The van der Waals surface area contributed by atoms with Crippen molar-refractivity contribution >= 4 is 29.2 Å². The van der Waals surface area contributed by atoms with Crippen molar-refractivity contribution in [2.45, 2.75) is 26.4 Å². The van der Waals surface area contributed by atoms with Crippen molar-refractivity contribution in [2.75, 3.05) is 19.8 Å². The quantitative estimate of drug-likeness (QED) is 0.807.